The van der Waals surface area contributed by atoms with E-state index < -0.39 is 5.41 Å². The fraction of sp³-hybridized carbons (Fsp3) is 0.0236. The Bertz CT molecular complexity index is 9220. The number of hydrogen-bond donors (Lipinski definition) is 0. The molecular formula is C127H83N7OS2. The highest BCUT2D eigenvalue weighted by molar-refractivity contribution is 8.00. The lowest BCUT2D eigenvalue weighted by molar-refractivity contribution is 0.660. The Morgan fingerprint density at radius 3 is 1.29 bits per heavy atom. The van der Waals surface area contributed by atoms with E-state index in [4.69, 9.17) is 4.42 Å². The van der Waals surface area contributed by atoms with Gasteiger partial charge in [-0.3, -0.25) is 18.9 Å². The molecule has 0 N–H and O–H groups in total. The second kappa shape index (κ2) is 31.0. The molecule has 0 spiro atoms. The van der Waals surface area contributed by atoms with Gasteiger partial charge in [0, 0.05) is 116 Å². The summed E-state index contributed by atoms with van der Waals surface area (Å²) in [5.41, 5.74) is 32.1. The van der Waals surface area contributed by atoms with E-state index in [-0.39, 0.29) is 0 Å². The maximum atomic E-state index is 6.80. The summed E-state index contributed by atoms with van der Waals surface area (Å²) in [6.07, 6.45) is 0. The van der Waals surface area contributed by atoms with Crippen LogP contribution in [0.1, 0.15) is 25.0 Å². The monoisotopic (exact) mass is 1790 g/mol. The van der Waals surface area contributed by atoms with Crippen molar-refractivity contribution in [1.29, 1.82) is 0 Å². The smallest absolute Gasteiger partial charge is 0.137 e. The predicted molar refractivity (Wildman–Crippen MR) is 575 cm³/mol. The van der Waals surface area contributed by atoms with Crippen LogP contribution in [0, 0.1) is 0 Å². The molecule has 0 saturated heterocycles. The van der Waals surface area contributed by atoms with E-state index in [0.29, 0.717) is 0 Å². The molecule has 8 nitrogen and oxygen atoms in total. The normalized spacial score (nSPS) is 13.0. The first-order valence-corrected chi connectivity index (χ1v) is 48.5. The molecule has 1 aliphatic carbocycles. The van der Waals surface area contributed by atoms with Gasteiger partial charge >= 0.3 is 0 Å². The second-order valence-electron chi connectivity index (χ2n) is 36.7. The molecule has 137 heavy (non-hydrogen) atoms. The third-order valence-electron chi connectivity index (χ3n) is 28.7. The third kappa shape index (κ3) is 12.5. The summed E-state index contributed by atoms with van der Waals surface area (Å²) in [6.45, 7) is 4.82. The van der Waals surface area contributed by atoms with Crippen LogP contribution < -0.4 is 19.6 Å². The van der Waals surface area contributed by atoms with Gasteiger partial charge in [-0.1, -0.05) is 298 Å². The van der Waals surface area contributed by atoms with Crippen LogP contribution in [0.2, 0.25) is 0 Å². The van der Waals surface area contributed by atoms with Gasteiger partial charge in [0.15, 0.2) is 0 Å². The van der Waals surface area contributed by atoms with Crippen molar-refractivity contribution in [1.82, 2.24) is 13.7 Å². The van der Waals surface area contributed by atoms with Crippen molar-refractivity contribution in [3.05, 3.63) is 478 Å². The van der Waals surface area contributed by atoms with Gasteiger partial charge in [-0.05, 0) is 288 Å². The summed E-state index contributed by atoms with van der Waals surface area (Å²) in [7, 11) is 0. The standard InChI is InChI=1S/C127H83N7OS2/c1-127(2)110-77-97(129(92-53-47-81(48-54-92)80-25-6-3-7-26-80)99-65-70-108-119(79-99)135-118-72-52-83-27-12-13-34-102(83)122(108)118)63-68-103(110)104-69-64-98(78-111(104)127)134-117-42-21-23-44-121(117)137-124-109-76-86(51-71-115(109)132(126(124)134)90-32-10-5-11-33-90)85-29-24-28-84(73-85)82-49-55-91(56-50-82)128(93-57-59-94(60-58-93)130-112-38-17-14-35-105(112)106-36-15-18-39-113(106)130)95-61-66-100-87(74-95)45-46-88-75-96(62-67-101(88)100)133-116-41-20-22-43-120(116)136-123-107-37-16-19-40-114(107)131(125(123)133)89-30-8-4-9-31-89/h3-79H,1-2H3. The zero-order valence-electron chi connectivity index (χ0n) is 74.8. The van der Waals surface area contributed by atoms with Crippen molar-refractivity contribution in [3.63, 3.8) is 0 Å². The first-order chi connectivity index (χ1) is 67.7. The van der Waals surface area contributed by atoms with E-state index in [9.17, 15) is 0 Å². The van der Waals surface area contributed by atoms with E-state index in [1.807, 2.05) is 23.5 Å². The lowest BCUT2D eigenvalue weighted by Crippen LogP contribution is -2.20. The molecule has 0 bridgehead atoms. The number of anilines is 12. The summed E-state index contributed by atoms with van der Waals surface area (Å²) in [4.78, 5) is 14.7. The molecule has 0 unspecified atom stereocenters. The molecule has 3 aliphatic rings. The molecule has 2 aliphatic heterocycles. The molecular weight excluding hydrogens is 1700 g/mol. The van der Waals surface area contributed by atoms with E-state index in [1.165, 1.54) is 118 Å². The molecule has 25 aromatic rings. The SMILES string of the molecule is CC1(C)c2cc(N(c3ccc(-c4ccccc4)cc3)c3ccc4c(c3)oc3ccc5ccccc5c34)ccc2-c2ccc(N3c4ccccc4Sc4c3n(-c3ccccc3)c3ccc(-c5cccc(-c6ccc(N(c7ccc(-n8c9ccccc9c9ccccc98)cc7)c7ccc8c(ccc9cc(N%10c%11ccccc%11Sc%11c%10n(-c%10ccccc%10)c%10ccccc%11%10)ccc98)c7)cc6)c5)cc43)cc21. The quantitative estimate of drug-likeness (QED) is 0.101. The molecule has 28 rings (SSSR count). The summed E-state index contributed by atoms with van der Waals surface area (Å²) in [5, 5.41) is 14.3. The predicted octanol–water partition coefficient (Wildman–Crippen LogP) is 36.1. The van der Waals surface area contributed by atoms with Gasteiger partial charge in [-0.15, -0.1) is 0 Å². The Kier molecular flexibility index (Phi) is 17.8. The lowest BCUT2D eigenvalue weighted by atomic mass is 9.82. The molecule has 0 radical (unpaired) electrons. The lowest BCUT2D eigenvalue weighted by Gasteiger charge is -2.33. The van der Waals surface area contributed by atoms with E-state index in [1.54, 1.807) is 0 Å². The van der Waals surface area contributed by atoms with Crippen LogP contribution >= 0.6 is 23.5 Å². The first kappa shape index (κ1) is 78.6. The second-order valence-corrected chi connectivity index (χ2v) is 38.8. The van der Waals surface area contributed by atoms with Crippen LogP contribution in [0.4, 0.5) is 68.5 Å². The minimum Gasteiger partial charge on any atom is -0.456 e. The van der Waals surface area contributed by atoms with Crippen molar-refractivity contribution in [2.24, 2.45) is 0 Å². The van der Waals surface area contributed by atoms with E-state index in [2.05, 4.69) is 514 Å². The summed E-state index contributed by atoms with van der Waals surface area (Å²) >= 11 is 3.73. The van der Waals surface area contributed by atoms with Gasteiger partial charge < -0.3 is 18.8 Å². The zero-order chi connectivity index (χ0) is 90.2. The summed E-state index contributed by atoms with van der Waals surface area (Å²) < 4.78 is 14.1. The van der Waals surface area contributed by atoms with Crippen molar-refractivity contribution >= 4 is 190 Å². The fourth-order valence-corrected chi connectivity index (χ4v) is 24.6. The van der Waals surface area contributed by atoms with Crippen LogP contribution in [0.5, 0.6) is 0 Å². The maximum absolute atomic E-state index is 6.80. The van der Waals surface area contributed by atoms with Crippen molar-refractivity contribution in [2.75, 3.05) is 19.6 Å². The highest BCUT2D eigenvalue weighted by atomic mass is 32.2. The van der Waals surface area contributed by atoms with Crippen molar-refractivity contribution < 1.29 is 4.42 Å². The number of furan rings is 1. The van der Waals surface area contributed by atoms with Crippen LogP contribution in [0.25, 0.3) is 159 Å². The molecule has 0 saturated carbocycles. The third-order valence-corrected chi connectivity index (χ3v) is 31.0. The molecule has 6 heterocycles. The number of benzene rings is 21. The first-order valence-electron chi connectivity index (χ1n) is 46.9. The van der Waals surface area contributed by atoms with Crippen LogP contribution in [-0.2, 0) is 5.41 Å². The number of rotatable bonds is 14. The summed E-state index contributed by atoms with van der Waals surface area (Å²) in [6, 6.07) is 173. The molecule has 21 aromatic carbocycles. The molecule has 0 fully saturated rings. The number of nitrogens with zero attached hydrogens (tertiary/aromatic N) is 7. The van der Waals surface area contributed by atoms with E-state index >= 15 is 0 Å². The fourth-order valence-electron chi connectivity index (χ4n) is 22.3. The van der Waals surface area contributed by atoms with Crippen molar-refractivity contribution in [3.8, 4) is 61.6 Å². The Morgan fingerprint density at radius 1 is 0.234 bits per heavy atom. The Hall–Kier alpha value is -17.0. The van der Waals surface area contributed by atoms with Gasteiger partial charge in [-0.25, -0.2) is 0 Å². The highest BCUT2D eigenvalue weighted by Gasteiger charge is 2.40. The van der Waals surface area contributed by atoms with Gasteiger partial charge in [0.05, 0.1) is 43.2 Å². The topological polar surface area (TPSA) is 40.9 Å². The Morgan fingerprint density at radius 2 is 0.642 bits per heavy atom. The zero-order valence-corrected chi connectivity index (χ0v) is 76.4. The maximum Gasteiger partial charge on any atom is 0.137 e. The largest absolute Gasteiger partial charge is 0.456 e. The van der Waals surface area contributed by atoms with Crippen LogP contribution in [0.15, 0.2) is 491 Å². The number of aromatic nitrogens is 3. The minimum atomic E-state index is -0.399. The molecule has 4 aromatic heterocycles. The Labute approximate surface area is 800 Å². The van der Waals surface area contributed by atoms with Crippen LogP contribution in [-0.4, -0.2) is 13.7 Å². The number of hydrogen-bond acceptors (Lipinski definition) is 7. The van der Waals surface area contributed by atoms with Gasteiger partial charge in [0.2, 0.25) is 0 Å². The number of para-hydroxylation sites is 7. The molecule has 0 atom stereocenters. The summed E-state index contributed by atoms with van der Waals surface area (Å²) in [5.74, 6) is 2.26. The highest BCUT2D eigenvalue weighted by Crippen LogP contribution is 2.61. The molecule has 0 amide bonds. The van der Waals surface area contributed by atoms with Crippen molar-refractivity contribution in [2.45, 2.75) is 38.8 Å². The van der Waals surface area contributed by atoms with Crippen LogP contribution in [0.3, 0.4) is 0 Å². The average molecular weight is 1790 g/mol. The molecule has 644 valence electrons. The average Bonchev–Trinajstić information content (AvgIpc) is 1.54. The minimum absolute atomic E-state index is 0.399. The number of fused-ring (bicyclic) bond motifs is 22. The molecule has 10 heteroatoms. The van der Waals surface area contributed by atoms with E-state index in [0.717, 1.165) is 141 Å². The Balaban J connectivity index is 0.521. The van der Waals surface area contributed by atoms with Gasteiger partial charge in [-0.2, -0.15) is 0 Å². The van der Waals surface area contributed by atoms with Gasteiger partial charge in [0.1, 0.15) is 22.8 Å². The van der Waals surface area contributed by atoms with Gasteiger partial charge in [0.25, 0.3) is 0 Å².